The van der Waals surface area contributed by atoms with E-state index in [2.05, 4.69) is 15.3 Å². The van der Waals surface area contributed by atoms with Crippen LogP contribution in [0, 0.1) is 12.7 Å². The highest BCUT2D eigenvalue weighted by molar-refractivity contribution is 7.17. The van der Waals surface area contributed by atoms with E-state index < -0.39 is 0 Å². The van der Waals surface area contributed by atoms with Crippen LogP contribution in [0.15, 0.2) is 29.9 Å². The maximum absolute atomic E-state index is 13.7. The summed E-state index contributed by atoms with van der Waals surface area (Å²) in [5.74, 6) is 0.740. The van der Waals surface area contributed by atoms with E-state index in [0.29, 0.717) is 30.1 Å². The molecule has 0 bridgehead atoms. The van der Waals surface area contributed by atoms with E-state index >= 15 is 0 Å². The smallest absolute Gasteiger partial charge is 0.146 e. The normalized spacial score (nSPS) is 20.1. The number of fused-ring (bicyclic) bond motifs is 1. The Morgan fingerprint density at radius 3 is 3.00 bits per heavy atom. The summed E-state index contributed by atoms with van der Waals surface area (Å²) in [5, 5.41) is 15.9. The van der Waals surface area contributed by atoms with Crippen LogP contribution in [-0.2, 0) is 0 Å². The van der Waals surface area contributed by atoms with E-state index in [9.17, 15) is 9.50 Å². The van der Waals surface area contributed by atoms with E-state index in [0.717, 1.165) is 22.2 Å². The molecule has 1 saturated carbocycles. The lowest BCUT2D eigenvalue weighted by molar-refractivity contribution is 0.150. The number of ether oxygens (including phenoxy) is 1. The highest BCUT2D eigenvalue weighted by Crippen LogP contribution is 2.35. The molecule has 2 heterocycles. The summed E-state index contributed by atoms with van der Waals surface area (Å²) in [6, 6.07) is 4.40. The standard InChI is InChI=1S/C18H18FN3O2S/c1-10-8-25-18-16(10)17(20-9-21-18)22-14-5-2-11(19)6-15(14)24-13-4-3-12(23)7-13/h2,5-6,8-9,12-13,23H,3-4,7H2,1H3,(H,20,21,22)/t12-,13-/m0/s1. The monoisotopic (exact) mass is 359 g/mol. The van der Waals surface area contributed by atoms with E-state index in [4.69, 9.17) is 4.74 Å². The van der Waals surface area contributed by atoms with Crippen molar-refractivity contribution in [1.82, 2.24) is 9.97 Å². The van der Waals surface area contributed by atoms with Crippen molar-refractivity contribution in [2.45, 2.75) is 38.4 Å². The van der Waals surface area contributed by atoms with Crippen LogP contribution >= 0.6 is 11.3 Å². The summed E-state index contributed by atoms with van der Waals surface area (Å²) in [6.45, 7) is 2.01. The number of hydrogen-bond acceptors (Lipinski definition) is 6. The second-order valence-electron chi connectivity index (χ2n) is 6.29. The number of aliphatic hydroxyl groups excluding tert-OH is 1. The fourth-order valence-electron chi connectivity index (χ4n) is 3.14. The average molecular weight is 359 g/mol. The van der Waals surface area contributed by atoms with Crippen LogP contribution in [0.3, 0.4) is 0 Å². The predicted molar refractivity (Wildman–Crippen MR) is 96.1 cm³/mol. The second kappa shape index (κ2) is 6.57. The third-order valence-corrected chi connectivity index (χ3v) is 5.41. The molecule has 0 saturated heterocycles. The van der Waals surface area contributed by atoms with E-state index in [1.165, 1.54) is 18.5 Å². The van der Waals surface area contributed by atoms with Crippen LogP contribution in [-0.4, -0.2) is 27.3 Å². The predicted octanol–water partition coefficient (Wildman–Crippen LogP) is 4.17. The van der Waals surface area contributed by atoms with E-state index in [1.54, 1.807) is 17.4 Å². The molecular formula is C18H18FN3O2S. The molecule has 0 radical (unpaired) electrons. The Bertz CT molecular complexity index is 914. The van der Waals surface area contributed by atoms with Gasteiger partial charge in [0.2, 0.25) is 0 Å². The van der Waals surface area contributed by atoms with Gasteiger partial charge < -0.3 is 15.2 Å². The van der Waals surface area contributed by atoms with Gasteiger partial charge >= 0.3 is 0 Å². The Morgan fingerprint density at radius 1 is 1.32 bits per heavy atom. The summed E-state index contributed by atoms with van der Waals surface area (Å²) in [5.41, 5.74) is 1.74. The number of nitrogens with one attached hydrogen (secondary N) is 1. The van der Waals surface area contributed by atoms with Crippen molar-refractivity contribution in [3.8, 4) is 5.75 Å². The molecule has 1 aliphatic rings. The summed E-state index contributed by atoms with van der Waals surface area (Å²) in [7, 11) is 0. The van der Waals surface area contributed by atoms with Crippen LogP contribution in [0.25, 0.3) is 10.2 Å². The third-order valence-electron chi connectivity index (χ3n) is 4.40. The van der Waals surface area contributed by atoms with E-state index in [-0.39, 0.29) is 18.0 Å². The fraction of sp³-hybridized carbons (Fsp3) is 0.333. The maximum atomic E-state index is 13.7. The number of aromatic nitrogens is 2. The molecule has 0 amide bonds. The quantitative estimate of drug-likeness (QED) is 0.732. The SMILES string of the molecule is Cc1csc2ncnc(Nc3ccc(F)cc3O[C@H]3CC[C@H](O)C3)c12. The second-order valence-corrected chi connectivity index (χ2v) is 7.15. The molecular weight excluding hydrogens is 341 g/mol. The first-order chi connectivity index (χ1) is 12.1. The van der Waals surface area contributed by atoms with Crippen molar-refractivity contribution < 1.29 is 14.2 Å². The lowest BCUT2D eigenvalue weighted by Gasteiger charge is -2.17. The molecule has 2 aromatic heterocycles. The lowest BCUT2D eigenvalue weighted by Crippen LogP contribution is -2.14. The van der Waals surface area contributed by atoms with Crippen molar-refractivity contribution >= 4 is 33.1 Å². The Kier molecular flexibility index (Phi) is 4.27. The maximum Gasteiger partial charge on any atom is 0.146 e. The molecule has 25 heavy (non-hydrogen) atoms. The van der Waals surface area contributed by atoms with Crippen molar-refractivity contribution in [1.29, 1.82) is 0 Å². The molecule has 1 aliphatic carbocycles. The van der Waals surface area contributed by atoms with Crippen LogP contribution in [0.4, 0.5) is 15.9 Å². The fourth-order valence-corrected chi connectivity index (χ4v) is 4.03. The first-order valence-electron chi connectivity index (χ1n) is 8.20. The summed E-state index contributed by atoms with van der Waals surface area (Å²) >= 11 is 1.56. The molecule has 0 aliphatic heterocycles. The third kappa shape index (κ3) is 3.29. The largest absolute Gasteiger partial charge is 0.488 e. The molecule has 1 aromatic carbocycles. The van der Waals surface area contributed by atoms with Gasteiger partial charge in [0.05, 0.1) is 17.2 Å². The molecule has 2 N–H and O–H groups in total. The Balaban J connectivity index is 1.66. The lowest BCUT2D eigenvalue weighted by atomic mass is 10.2. The molecule has 1 fully saturated rings. The van der Waals surface area contributed by atoms with Gasteiger partial charge in [-0.2, -0.15) is 0 Å². The minimum Gasteiger partial charge on any atom is -0.488 e. The van der Waals surface area contributed by atoms with Gasteiger partial charge in [-0.05, 0) is 42.8 Å². The summed E-state index contributed by atoms with van der Waals surface area (Å²) in [4.78, 5) is 9.52. The number of benzene rings is 1. The number of halogens is 1. The van der Waals surface area contributed by atoms with Gasteiger partial charge in [0.25, 0.3) is 0 Å². The molecule has 4 rings (SSSR count). The van der Waals surface area contributed by atoms with Crippen molar-refractivity contribution in [2.24, 2.45) is 0 Å². The molecule has 7 heteroatoms. The summed E-state index contributed by atoms with van der Waals surface area (Å²) < 4.78 is 19.7. The summed E-state index contributed by atoms with van der Waals surface area (Å²) in [6.07, 6.45) is 3.10. The average Bonchev–Trinajstić information content (AvgIpc) is 3.17. The Morgan fingerprint density at radius 2 is 2.20 bits per heavy atom. The molecule has 5 nitrogen and oxygen atoms in total. The highest BCUT2D eigenvalue weighted by Gasteiger charge is 2.25. The highest BCUT2D eigenvalue weighted by atomic mass is 32.1. The van der Waals surface area contributed by atoms with Crippen molar-refractivity contribution in [3.63, 3.8) is 0 Å². The van der Waals surface area contributed by atoms with E-state index in [1.807, 2.05) is 12.3 Å². The van der Waals surface area contributed by atoms with Crippen LogP contribution < -0.4 is 10.1 Å². The Hall–Kier alpha value is -2.25. The number of anilines is 2. The van der Waals surface area contributed by atoms with Gasteiger partial charge in [-0.25, -0.2) is 14.4 Å². The van der Waals surface area contributed by atoms with Gasteiger partial charge in [-0.3, -0.25) is 0 Å². The minimum absolute atomic E-state index is 0.106. The van der Waals surface area contributed by atoms with Gasteiger partial charge in [0.1, 0.15) is 34.6 Å². The zero-order chi connectivity index (χ0) is 17.4. The minimum atomic E-state index is -0.362. The van der Waals surface area contributed by atoms with Gasteiger partial charge in [0, 0.05) is 12.5 Å². The molecule has 0 unspecified atom stereocenters. The van der Waals surface area contributed by atoms with Crippen LogP contribution in [0.2, 0.25) is 0 Å². The molecule has 3 aromatic rings. The van der Waals surface area contributed by atoms with Gasteiger partial charge in [0.15, 0.2) is 0 Å². The van der Waals surface area contributed by atoms with Gasteiger partial charge in [-0.1, -0.05) is 0 Å². The van der Waals surface area contributed by atoms with Crippen LogP contribution in [0.5, 0.6) is 5.75 Å². The number of thiophene rings is 1. The van der Waals surface area contributed by atoms with Crippen molar-refractivity contribution in [2.75, 3.05) is 5.32 Å². The number of aliphatic hydroxyl groups is 1. The Labute approximate surface area is 148 Å². The zero-order valence-electron chi connectivity index (χ0n) is 13.7. The topological polar surface area (TPSA) is 67.3 Å². The zero-order valence-corrected chi connectivity index (χ0v) is 14.5. The van der Waals surface area contributed by atoms with Crippen molar-refractivity contribution in [3.05, 3.63) is 41.3 Å². The van der Waals surface area contributed by atoms with Gasteiger partial charge in [-0.15, -0.1) is 11.3 Å². The number of nitrogens with zero attached hydrogens (tertiary/aromatic N) is 2. The van der Waals surface area contributed by atoms with Crippen LogP contribution in [0.1, 0.15) is 24.8 Å². The molecule has 2 atom stereocenters. The first kappa shape index (κ1) is 16.2. The number of aryl methyl sites for hydroxylation is 1. The first-order valence-corrected chi connectivity index (χ1v) is 9.08. The number of rotatable bonds is 4. The molecule has 0 spiro atoms. The number of hydrogen-bond donors (Lipinski definition) is 2. The molecule has 130 valence electrons.